The average molecular weight is 473 g/mol. The number of amides is 1. The number of thioether (sulfide) groups is 2. The lowest BCUT2D eigenvalue weighted by Crippen LogP contribution is -2.52. The maximum Gasteiger partial charge on any atom is 0.328 e. The molecule has 1 N–H and O–H groups in total. The molecule has 7 nitrogen and oxygen atoms in total. The molecule has 1 heterocycles. The lowest BCUT2D eigenvalue weighted by Gasteiger charge is -2.29. The lowest BCUT2D eigenvalue weighted by molar-refractivity contribution is -0.151. The van der Waals surface area contributed by atoms with Gasteiger partial charge in [0.25, 0.3) is 0 Å². The van der Waals surface area contributed by atoms with E-state index in [0.29, 0.717) is 24.5 Å². The van der Waals surface area contributed by atoms with Gasteiger partial charge in [0.1, 0.15) is 16.9 Å². The SMILES string of the molecule is CCO[C@@H](N[C@@H](C)C(=O)N1CCC[C@H]1C(=O)OC)C(=C=O)SCCSC1CCCCC1. The quantitative estimate of drug-likeness (QED) is 0.201. The molecule has 0 radical (unpaired) electrons. The molecule has 9 heteroatoms. The molecule has 1 saturated carbocycles. The fraction of sp³-hybridized carbons (Fsp3) is 0.818. The van der Waals surface area contributed by atoms with Crippen LogP contribution in [0.5, 0.6) is 0 Å². The molecular weight excluding hydrogens is 436 g/mol. The molecule has 2 aliphatic rings. The summed E-state index contributed by atoms with van der Waals surface area (Å²) < 4.78 is 10.5. The van der Waals surface area contributed by atoms with Gasteiger partial charge in [-0.1, -0.05) is 19.3 Å². The van der Waals surface area contributed by atoms with Crippen LogP contribution in [0.3, 0.4) is 0 Å². The van der Waals surface area contributed by atoms with Crippen LogP contribution in [0.15, 0.2) is 4.91 Å². The number of ether oxygens (including phenoxy) is 2. The highest BCUT2D eigenvalue weighted by molar-refractivity contribution is 8.05. The van der Waals surface area contributed by atoms with E-state index in [-0.39, 0.29) is 11.9 Å². The van der Waals surface area contributed by atoms with Crippen LogP contribution in [0, 0.1) is 0 Å². The fourth-order valence-corrected chi connectivity index (χ4v) is 6.37. The van der Waals surface area contributed by atoms with Gasteiger partial charge >= 0.3 is 5.97 Å². The van der Waals surface area contributed by atoms with Crippen molar-refractivity contribution in [3.8, 4) is 0 Å². The van der Waals surface area contributed by atoms with Crippen LogP contribution in [0.2, 0.25) is 0 Å². The summed E-state index contributed by atoms with van der Waals surface area (Å²) in [5, 5.41) is 3.86. The number of rotatable bonds is 12. The molecule has 0 aromatic rings. The van der Waals surface area contributed by atoms with Gasteiger partial charge in [-0.25, -0.2) is 9.59 Å². The van der Waals surface area contributed by atoms with E-state index in [2.05, 4.69) is 5.32 Å². The molecule has 1 amide bonds. The molecule has 0 bridgehead atoms. The van der Waals surface area contributed by atoms with Crippen molar-refractivity contribution in [1.29, 1.82) is 0 Å². The van der Waals surface area contributed by atoms with E-state index in [1.54, 1.807) is 11.8 Å². The summed E-state index contributed by atoms with van der Waals surface area (Å²) >= 11 is 3.42. The fourth-order valence-electron chi connectivity index (χ4n) is 4.08. The smallest absolute Gasteiger partial charge is 0.328 e. The average Bonchev–Trinajstić information content (AvgIpc) is 3.28. The summed E-state index contributed by atoms with van der Waals surface area (Å²) in [6.07, 6.45) is 7.25. The molecule has 0 unspecified atom stereocenters. The number of carbonyl (C=O) groups is 2. The standard InChI is InChI=1S/C22H36N2O5S2/c1-4-29-20(19(15-25)31-14-13-30-17-9-6-5-7-10-17)23-16(2)21(26)24-12-8-11-18(24)22(27)28-3/h16-18,20,23H,4-14H2,1-3H3/t16-,18-,20+/m0/s1. The van der Waals surface area contributed by atoms with E-state index in [9.17, 15) is 14.4 Å². The zero-order valence-electron chi connectivity index (χ0n) is 18.9. The van der Waals surface area contributed by atoms with Crippen molar-refractivity contribution in [2.75, 3.05) is 31.8 Å². The van der Waals surface area contributed by atoms with Crippen molar-refractivity contribution in [1.82, 2.24) is 10.2 Å². The Bertz CT molecular complexity index is 635. The Labute approximate surface area is 194 Å². The van der Waals surface area contributed by atoms with E-state index in [1.807, 2.05) is 24.6 Å². The normalized spacial score (nSPS) is 21.4. The van der Waals surface area contributed by atoms with E-state index >= 15 is 0 Å². The Kier molecular flexibility index (Phi) is 12.0. The molecule has 1 aliphatic carbocycles. The van der Waals surface area contributed by atoms with Crippen molar-refractivity contribution in [3.63, 3.8) is 0 Å². The summed E-state index contributed by atoms with van der Waals surface area (Å²) in [5.41, 5.74) is 0. The van der Waals surface area contributed by atoms with Crippen molar-refractivity contribution in [3.05, 3.63) is 4.91 Å². The van der Waals surface area contributed by atoms with Gasteiger partial charge in [0.05, 0.1) is 13.2 Å². The summed E-state index contributed by atoms with van der Waals surface area (Å²) in [4.78, 5) is 38.5. The predicted octanol–water partition coefficient (Wildman–Crippen LogP) is 3.01. The minimum absolute atomic E-state index is 0.194. The minimum Gasteiger partial charge on any atom is -0.467 e. The summed E-state index contributed by atoms with van der Waals surface area (Å²) in [7, 11) is 1.33. The van der Waals surface area contributed by atoms with Gasteiger partial charge in [0.2, 0.25) is 5.91 Å². The first kappa shape index (κ1) is 26.3. The van der Waals surface area contributed by atoms with Crippen molar-refractivity contribution in [2.45, 2.75) is 82.4 Å². The Morgan fingerprint density at radius 3 is 2.55 bits per heavy atom. The van der Waals surface area contributed by atoms with Gasteiger partial charge in [-0.2, -0.15) is 11.8 Å². The first-order valence-corrected chi connectivity index (χ1v) is 13.3. The molecular formula is C22H36N2O5S2. The monoisotopic (exact) mass is 472 g/mol. The number of nitrogens with zero attached hydrogens (tertiary/aromatic N) is 1. The summed E-state index contributed by atoms with van der Waals surface area (Å²) in [6.45, 7) is 4.50. The Hall–Kier alpha value is -0.990. The molecule has 1 saturated heterocycles. The third-order valence-electron chi connectivity index (χ3n) is 5.70. The van der Waals surface area contributed by atoms with E-state index < -0.39 is 18.3 Å². The van der Waals surface area contributed by atoms with Crippen molar-refractivity contribution < 1.29 is 23.9 Å². The third-order valence-corrected chi connectivity index (χ3v) is 8.36. The number of nitrogens with one attached hydrogen (secondary N) is 1. The predicted molar refractivity (Wildman–Crippen MR) is 126 cm³/mol. The number of carbonyl (C=O) groups excluding carboxylic acids is 3. The topological polar surface area (TPSA) is 84.9 Å². The summed E-state index contributed by atoms with van der Waals surface area (Å²) in [6, 6.07) is -1.15. The lowest BCUT2D eigenvalue weighted by atomic mass is 10.0. The Balaban J connectivity index is 1.87. The molecule has 31 heavy (non-hydrogen) atoms. The van der Waals surface area contributed by atoms with Crippen LogP contribution in [0.1, 0.15) is 58.8 Å². The number of methoxy groups -OCH3 is 1. The second-order valence-corrected chi connectivity index (χ2v) is 10.4. The Morgan fingerprint density at radius 2 is 1.90 bits per heavy atom. The molecule has 1 aliphatic heterocycles. The zero-order valence-corrected chi connectivity index (χ0v) is 20.5. The van der Waals surface area contributed by atoms with Gasteiger partial charge in [0.15, 0.2) is 6.23 Å². The van der Waals surface area contributed by atoms with Crippen LogP contribution in [0.25, 0.3) is 0 Å². The van der Waals surface area contributed by atoms with Gasteiger partial charge in [0, 0.05) is 29.9 Å². The van der Waals surface area contributed by atoms with Gasteiger partial charge in [-0.05, 0) is 39.5 Å². The van der Waals surface area contributed by atoms with Crippen molar-refractivity contribution in [2.24, 2.45) is 0 Å². The third kappa shape index (κ3) is 8.13. The zero-order chi connectivity index (χ0) is 22.6. The Morgan fingerprint density at radius 1 is 1.16 bits per heavy atom. The van der Waals surface area contributed by atoms with E-state index in [4.69, 9.17) is 9.47 Å². The highest BCUT2D eigenvalue weighted by Crippen LogP contribution is 2.29. The first-order valence-electron chi connectivity index (χ1n) is 11.3. The molecule has 176 valence electrons. The van der Waals surface area contributed by atoms with Crippen LogP contribution >= 0.6 is 23.5 Å². The molecule has 2 fully saturated rings. The highest BCUT2D eigenvalue weighted by Gasteiger charge is 2.37. The second kappa shape index (κ2) is 14.2. The molecule has 0 spiro atoms. The number of likely N-dealkylation sites (tertiary alicyclic amines) is 1. The number of hydrogen-bond donors (Lipinski definition) is 1. The minimum atomic E-state index is -0.690. The molecule has 0 aromatic carbocycles. The molecule has 0 aromatic heterocycles. The van der Waals surface area contributed by atoms with Crippen LogP contribution in [-0.2, 0) is 23.9 Å². The van der Waals surface area contributed by atoms with Gasteiger partial charge in [-0.15, -0.1) is 11.8 Å². The number of hydrogen-bond acceptors (Lipinski definition) is 8. The molecule has 3 atom stereocenters. The van der Waals surface area contributed by atoms with Crippen molar-refractivity contribution >= 4 is 41.3 Å². The highest BCUT2D eigenvalue weighted by atomic mass is 32.2. The van der Waals surface area contributed by atoms with Gasteiger partial charge in [-0.3, -0.25) is 10.1 Å². The largest absolute Gasteiger partial charge is 0.467 e. The maximum absolute atomic E-state index is 12.9. The van der Waals surface area contributed by atoms with E-state index in [0.717, 1.165) is 23.2 Å². The number of esters is 1. The van der Waals surface area contributed by atoms with Crippen LogP contribution in [0.4, 0.5) is 0 Å². The summed E-state index contributed by atoms with van der Waals surface area (Å²) in [5.74, 6) is 3.20. The van der Waals surface area contributed by atoms with Gasteiger partial charge < -0.3 is 14.4 Å². The maximum atomic E-state index is 12.9. The molecule has 2 rings (SSSR count). The van der Waals surface area contributed by atoms with E-state index in [1.165, 1.54) is 51.0 Å². The first-order chi connectivity index (χ1) is 15.0. The second-order valence-electron chi connectivity index (χ2n) is 7.88. The van der Waals surface area contributed by atoms with Crippen LogP contribution < -0.4 is 5.32 Å². The van der Waals surface area contributed by atoms with Crippen LogP contribution in [-0.4, -0.2) is 78.0 Å².